The van der Waals surface area contributed by atoms with Crippen molar-refractivity contribution in [3.05, 3.63) is 72.4 Å². The number of aromatic nitrogens is 3. The molecule has 0 saturated carbocycles. The standard InChI is InChI=1S/C17H15FN4O/c18-14-4-1-3-13(11-14)5-8-17(23)21-15-6-7-16(19-12-15)22-10-2-9-20-22/h1-4,6-7,9-12H,5,8H2,(H,21,23). The predicted molar refractivity (Wildman–Crippen MR) is 84.7 cm³/mol. The highest BCUT2D eigenvalue weighted by atomic mass is 19.1. The Hall–Kier alpha value is -3.02. The van der Waals surface area contributed by atoms with Gasteiger partial charge in [-0.3, -0.25) is 4.79 Å². The lowest BCUT2D eigenvalue weighted by atomic mass is 10.1. The van der Waals surface area contributed by atoms with Gasteiger partial charge in [0.1, 0.15) is 5.82 Å². The van der Waals surface area contributed by atoms with Crippen molar-refractivity contribution in [3.8, 4) is 5.82 Å². The molecule has 3 aromatic rings. The van der Waals surface area contributed by atoms with Crippen molar-refractivity contribution in [2.75, 3.05) is 5.32 Å². The molecule has 0 aliphatic heterocycles. The van der Waals surface area contributed by atoms with Crippen molar-refractivity contribution in [2.45, 2.75) is 12.8 Å². The molecule has 0 radical (unpaired) electrons. The molecule has 2 heterocycles. The van der Waals surface area contributed by atoms with Crippen LogP contribution in [-0.4, -0.2) is 20.7 Å². The monoisotopic (exact) mass is 310 g/mol. The Bertz CT molecular complexity index is 785. The molecule has 116 valence electrons. The molecule has 0 atom stereocenters. The van der Waals surface area contributed by atoms with Crippen LogP contribution in [0.5, 0.6) is 0 Å². The Morgan fingerprint density at radius 3 is 2.83 bits per heavy atom. The number of nitrogens with zero attached hydrogens (tertiary/aromatic N) is 3. The highest BCUT2D eigenvalue weighted by molar-refractivity contribution is 5.90. The maximum atomic E-state index is 13.1. The fourth-order valence-corrected chi connectivity index (χ4v) is 2.17. The third-order valence-corrected chi connectivity index (χ3v) is 3.30. The first kappa shape index (κ1) is 14.9. The van der Waals surface area contributed by atoms with Crippen molar-refractivity contribution in [2.24, 2.45) is 0 Å². The summed E-state index contributed by atoms with van der Waals surface area (Å²) in [5.41, 5.74) is 1.41. The summed E-state index contributed by atoms with van der Waals surface area (Å²) < 4.78 is 14.7. The van der Waals surface area contributed by atoms with E-state index in [-0.39, 0.29) is 18.1 Å². The zero-order valence-electron chi connectivity index (χ0n) is 12.3. The summed E-state index contributed by atoms with van der Waals surface area (Å²) in [5, 5.41) is 6.86. The van der Waals surface area contributed by atoms with E-state index in [1.807, 2.05) is 6.07 Å². The number of pyridine rings is 1. The molecule has 0 aliphatic carbocycles. The molecule has 0 spiro atoms. The Morgan fingerprint density at radius 2 is 2.13 bits per heavy atom. The molecule has 0 aliphatic rings. The molecule has 1 amide bonds. The van der Waals surface area contributed by atoms with E-state index in [0.29, 0.717) is 17.9 Å². The number of amides is 1. The average Bonchev–Trinajstić information content (AvgIpc) is 3.08. The number of nitrogens with one attached hydrogen (secondary N) is 1. The minimum atomic E-state index is -0.290. The molecule has 23 heavy (non-hydrogen) atoms. The fraction of sp³-hybridized carbons (Fsp3) is 0.118. The number of carbonyl (C=O) groups is 1. The number of rotatable bonds is 5. The first-order valence-corrected chi connectivity index (χ1v) is 7.21. The summed E-state index contributed by atoms with van der Waals surface area (Å²) in [6.45, 7) is 0. The Morgan fingerprint density at radius 1 is 1.22 bits per heavy atom. The van der Waals surface area contributed by atoms with Gasteiger partial charge in [0.25, 0.3) is 0 Å². The van der Waals surface area contributed by atoms with Crippen molar-refractivity contribution in [1.82, 2.24) is 14.8 Å². The van der Waals surface area contributed by atoms with E-state index in [0.717, 1.165) is 5.56 Å². The SMILES string of the molecule is O=C(CCc1cccc(F)c1)Nc1ccc(-n2cccn2)nc1. The number of aryl methyl sites for hydroxylation is 1. The van der Waals surface area contributed by atoms with Gasteiger partial charge in [-0.05, 0) is 42.3 Å². The second-order valence-electron chi connectivity index (χ2n) is 5.03. The van der Waals surface area contributed by atoms with Crippen LogP contribution in [0.15, 0.2) is 61.1 Å². The summed E-state index contributed by atoms with van der Waals surface area (Å²) in [5.74, 6) is 0.247. The van der Waals surface area contributed by atoms with Crippen LogP contribution in [0.25, 0.3) is 5.82 Å². The Labute approximate surface area is 132 Å². The third-order valence-electron chi connectivity index (χ3n) is 3.30. The lowest BCUT2D eigenvalue weighted by molar-refractivity contribution is -0.116. The van der Waals surface area contributed by atoms with E-state index in [1.165, 1.54) is 12.1 Å². The van der Waals surface area contributed by atoms with Crippen LogP contribution >= 0.6 is 0 Å². The van der Waals surface area contributed by atoms with Crippen LogP contribution in [0.4, 0.5) is 10.1 Å². The van der Waals surface area contributed by atoms with Crippen LogP contribution in [0, 0.1) is 5.82 Å². The second kappa shape index (κ2) is 6.83. The molecule has 1 aromatic carbocycles. The number of hydrogen-bond acceptors (Lipinski definition) is 3. The molecule has 1 N–H and O–H groups in total. The number of halogens is 1. The van der Waals surface area contributed by atoms with E-state index >= 15 is 0 Å². The Kier molecular flexibility index (Phi) is 4.42. The van der Waals surface area contributed by atoms with Crippen molar-refractivity contribution >= 4 is 11.6 Å². The van der Waals surface area contributed by atoms with E-state index < -0.39 is 0 Å². The van der Waals surface area contributed by atoms with E-state index in [1.54, 1.807) is 47.5 Å². The fourth-order valence-electron chi connectivity index (χ4n) is 2.17. The summed E-state index contributed by atoms with van der Waals surface area (Å²) in [4.78, 5) is 16.2. The first-order valence-electron chi connectivity index (χ1n) is 7.21. The van der Waals surface area contributed by atoms with E-state index in [4.69, 9.17) is 0 Å². The molecule has 0 fully saturated rings. The topological polar surface area (TPSA) is 59.8 Å². The largest absolute Gasteiger partial charge is 0.325 e. The third kappa shape index (κ3) is 4.00. The molecule has 5 nitrogen and oxygen atoms in total. The van der Waals surface area contributed by atoms with Gasteiger partial charge < -0.3 is 5.32 Å². The number of carbonyl (C=O) groups excluding carboxylic acids is 1. The normalized spacial score (nSPS) is 10.5. The quantitative estimate of drug-likeness (QED) is 0.788. The van der Waals surface area contributed by atoms with Crippen LogP contribution in [-0.2, 0) is 11.2 Å². The van der Waals surface area contributed by atoms with Gasteiger partial charge in [-0.2, -0.15) is 5.10 Å². The van der Waals surface area contributed by atoms with Gasteiger partial charge in [-0.1, -0.05) is 12.1 Å². The smallest absolute Gasteiger partial charge is 0.224 e. The van der Waals surface area contributed by atoms with Crippen LogP contribution in [0.3, 0.4) is 0 Å². The molecule has 3 rings (SSSR count). The van der Waals surface area contributed by atoms with Gasteiger partial charge in [0.15, 0.2) is 5.82 Å². The zero-order valence-corrected chi connectivity index (χ0v) is 12.3. The average molecular weight is 310 g/mol. The molecule has 0 unspecified atom stereocenters. The van der Waals surface area contributed by atoms with Gasteiger partial charge >= 0.3 is 0 Å². The first-order chi connectivity index (χ1) is 11.2. The van der Waals surface area contributed by atoms with Crippen LogP contribution in [0.2, 0.25) is 0 Å². The van der Waals surface area contributed by atoms with Gasteiger partial charge in [-0.15, -0.1) is 0 Å². The minimum Gasteiger partial charge on any atom is -0.325 e. The molecular formula is C17H15FN4O. The van der Waals surface area contributed by atoms with Crippen LogP contribution < -0.4 is 5.32 Å². The highest BCUT2D eigenvalue weighted by Gasteiger charge is 2.05. The van der Waals surface area contributed by atoms with Crippen molar-refractivity contribution in [1.29, 1.82) is 0 Å². The minimum absolute atomic E-state index is 0.136. The van der Waals surface area contributed by atoms with Crippen molar-refractivity contribution < 1.29 is 9.18 Å². The second-order valence-corrected chi connectivity index (χ2v) is 5.03. The summed E-state index contributed by atoms with van der Waals surface area (Å²) in [7, 11) is 0. The lowest BCUT2D eigenvalue weighted by Gasteiger charge is -2.06. The van der Waals surface area contributed by atoms with Gasteiger partial charge in [0, 0.05) is 18.8 Å². The van der Waals surface area contributed by atoms with Gasteiger partial charge in [-0.25, -0.2) is 14.1 Å². The number of benzene rings is 1. The lowest BCUT2D eigenvalue weighted by Crippen LogP contribution is -2.12. The maximum Gasteiger partial charge on any atom is 0.224 e. The summed E-state index contributed by atoms with van der Waals surface area (Å²) in [6, 6.07) is 11.6. The number of anilines is 1. The molecule has 6 heteroatoms. The predicted octanol–water partition coefficient (Wildman–Crippen LogP) is 2.98. The summed E-state index contributed by atoms with van der Waals surface area (Å²) >= 11 is 0. The van der Waals surface area contributed by atoms with Crippen LogP contribution in [0.1, 0.15) is 12.0 Å². The summed E-state index contributed by atoms with van der Waals surface area (Å²) in [6.07, 6.45) is 5.81. The Balaban J connectivity index is 1.55. The molecule has 0 saturated heterocycles. The van der Waals surface area contributed by atoms with Crippen molar-refractivity contribution in [3.63, 3.8) is 0 Å². The van der Waals surface area contributed by atoms with E-state index in [2.05, 4.69) is 15.4 Å². The van der Waals surface area contributed by atoms with Gasteiger partial charge in [0.2, 0.25) is 5.91 Å². The van der Waals surface area contributed by atoms with E-state index in [9.17, 15) is 9.18 Å². The molecular weight excluding hydrogens is 295 g/mol. The molecule has 0 bridgehead atoms. The highest BCUT2D eigenvalue weighted by Crippen LogP contribution is 2.11. The maximum absolute atomic E-state index is 13.1. The number of hydrogen-bond donors (Lipinski definition) is 1. The van der Waals surface area contributed by atoms with Gasteiger partial charge in [0.05, 0.1) is 11.9 Å². The molecule has 2 aromatic heterocycles. The zero-order chi connectivity index (χ0) is 16.1.